The standard InChI is InChI=1S/C24H20ClN3O2/c1-16-6-5-9-19(14-16)23(29)26-21-22(18-7-3-2-4-8-18)28(27-24(21)30)15-17-10-12-20(25)13-11-17/h2-15,21-22H,1H3,(H-,26,27,29,30)/p+1/b28-15-/t21-,22+/m1/s1. The van der Waals surface area contributed by atoms with Crippen LogP contribution >= 0.6 is 11.6 Å². The molecule has 6 heteroatoms. The molecule has 3 aromatic rings. The molecule has 1 fully saturated rings. The molecule has 0 saturated carbocycles. The Morgan fingerprint density at radius 1 is 1.03 bits per heavy atom. The van der Waals surface area contributed by atoms with Gasteiger partial charge in [0.25, 0.3) is 5.91 Å². The zero-order chi connectivity index (χ0) is 21.1. The van der Waals surface area contributed by atoms with Gasteiger partial charge in [-0.3, -0.25) is 9.59 Å². The molecule has 0 bridgehead atoms. The Kier molecular flexibility index (Phi) is 5.63. The van der Waals surface area contributed by atoms with Crippen LogP contribution < -0.4 is 10.7 Å². The van der Waals surface area contributed by atoms with Crippen molar-refractivity contribution in [3.63, 3.8) is 0 Å². The third-order valence-corrected chi connectivity index (χ3v) is 5.26. The zero-order valence-electron chi connectivity index (χ0n) is 16.4. The van der Waals surface area contributed by atoms with E-state index in [4.69, 9.17) is 11.6 Å². The van der Waals surface area contributed by atoms with Crippen molar-refractivity contribution >= 4 is 29.6 Å². The molecule has 150 valence electrons. The average Bonchev–Trinajstić information content (AvgIpc) is 3.05. The maximum Gasteiger partial charge on any atom is 0.304 e. The highest BCUT2D eigenvalue weighted by Crippen LogP contribution is 2.25. The summed E-state index contributed by atoms with van der Waals surface area (Å²) in [6.45, 7) is 1.93. The quantitative estimate of drug-likeness (QED) is 0.635. The van der Waals surface area contributed by atoms with Crippen LogP contribution in [0.25, 0.3) is 0 Å². The number of nitrogens with one attached hydrogen (secondary N) is 2. The largest absolute Gasteiger partial charge is 0.334 e. The fraction of sp³-hybridized carbons (Fsp3) is 0.125. The molecule has 1 aliphatic heterocycles. The van der Waals surface area contributed by atoms with E-state index in [1.165, 1.54) is 0 Å². The second-order valence-electron chi connectivity index (χ2n) is 7.24. The number of halogens is 1. The first-order valence-corrected chi connectivity index (χ1v) is 10.0. The second-order valence-corrected chi connectivity index (χ2v) is 7.68. The lowest BCUT2D eigenvalue weighted by Gasteiger charge is -2.15. The molecule has 3 aromatic carbocycles. The molecule has 2 atom stereocenters. The summed E-state index contributed by atoms with van der Waals surface area (Å²) in [6, 6.07) is 23.1. The van der Waals surface area contributed by atoms with Gasteiger partial charge >= 0.3 is 5.91 Å². The number of carbonyl (C=O) groups is 2. The Bertz CT molecular complexity index is 1110. The Labute approximate surface area is 180 Å². The van der Waals surface area contributed by atoms with Crippen molar-refractivity contribution < 1.29 is 14.3 Å². The van der Waals surface area contributed by atoms with Crippen LogP contribution in [0.5, 0.6) is 0 Å². The molecule has 2 amide bonds. The Morgan fingerprint density at radius 2 is 1.77 bits per heavy atom. The molecule has 30 heavy (non-hydrogen) atoms. The first-order valence-electron chi connectivity index (χ1n) is 9.63. The van der Waals surface area contributed by atoms with E-state index in [1.54, 1.807) is 28.9 Å². The van der Waals surface area contributed by atoms with Gasteiger partial charge in [0.2, 0.25) is 12.3 Å². The lowest BCUT2D eigenvalue weighted by Crippen LogP contribution is -2.42. The maximum atomic E-state index is 12.8. The van der Waals surface area contributed by atoms with Crippen LogP contribution in [-0.2, 0) is 4.79 Å². The average molecular weight is 419 g/mol. The minimum Gasteiger partial charge on any atom is -0.334 e. The van der Waals surface area contributed by atoms with Crippen molar-refractivity contribution in [2.75, 3.05) is 0 Å². The molecule has 4 rings (SSSR count). The van der Waals surface area contributed by atoms with E-state index in [0.717, 1.165) is 16.7 Å². The first kappa shape index (κ1) is 19.9. The smallest absolute Gasteiger partial charge is 0.304 e. The predicted octanol–water partition coefficient (Wildman–Crippen LogP) is 3.66. The number of carbonyl (C=O) groups excluding carboxylic acids is 2. The van der Waals surface area contributed by atoms with E-state index in [1.807, 2.05) is 67.7 Å². The molecule has 1 heterocycles. The number of amides is 2. The third kappa shape index (κ3) is 4.26. The van der Waals surface area contributed by atoms with Gasteiger partial charge in [0.15, 0.2) is 6.04 Å². The number of hydrogen-bond donors (Lipinski definition) is 2. The predicted molar refractivity (Wildman–Crippen MR) is 117 cm³/mol. The summed E-state index contributed by atoms with van der Waals surface area (Å²) in [6.07, 6.45) is 1.84. The summed E-state index contributed by atoms with van der Waals surface area (Å²) in [4.78, 5) is 25.7. The lowest BCUT2D eigenvalue weighted by atomic mass is 9.99. The van der Waals surface area contributed by atoms with E-state index < -0.39 is 12.1 Å². The Balaban J connectivity index is 1.69. The Hall–Kier alpha value is -3.44. The molecule has 5 nitrogen and oxygen atoms in total. The lowest BCUT2D eigenvalue weighted by molar-refractivity contribution is -0.596. The SMILES string of the molecule is Cc1cccc(C(=O)N[C@H]2C(=O)N/[N+](=C\c3ccc(Cl)cc3)[C@H]2c2ccccc2)c1. The highest BCUT2D eigenvalue weighted by Gasteiger charge is 2.47. The Morgan fingerprint density at radius 3 is 2.47 bits per heavy atom. The first-order chi connectivity index (χ1) is 14.5. The van der Waals surface area contributed by atoms with Crippen molar-refractivity contribution in [1.82, 2.24) is 10.7 Å². The van der Waals surface area contributed by atoms with Crippen LogP contribution in [0.4, 0.5) is 0 Å². The van der Waals surface area contributed by atoms with E-state index >= 15 is 0 Å². The minimum absolute atomic E-state index is 0.268. The van der Waals surface area contributed by atoms with Crippen molar-refractivity contribution in [2.24, 2.45) is 0 Å². The molecule has 0 unspecified atom stereocenters. The molecule has 2 N–H and O–H groups in total. The number of hydrazone groups is 1. The molecule has 1 saturated heterocycles. The van der Waals surface area contributed by atoms with Gasteiger partial charge in [-0.05, 0) is 43.3 Å². The number of aryl methyl sites for hydroxylation is 1. The van der Waals surface area contributed by atoms with Gasteiger partial charge in [0, 0.05) is 21.7 Å². The van der Waals surface area contributed by atoms with Crippen LogP contribution in [0.1, 0.15) is 33.1 Å². The van der Waals surface area contributed by atoms with Crippen molar-refractivity contribution in [1.29, 1.82) is 0 Å². The molecule has 0 aliphatic carbocycles. The van der Waals surface area contributed by atoms with Crippen molar-refractivity contribution in [3.05, 3.63) is 106 Å². The zero-order valence-corrected chi connectivity index (χ0v) is 17.1. The van der Waals surface area contributed by atoms with Crippen LogP contribution in [0.15, 0.2) is 78.9 Å². The third-order valence-electron chi connectivity index (χ3n) is 5.00. The number of hydrazine groups is 1. The van der Waals surface area contributed by atoms with Crippen LogP contribution in [0.3, 0.4) is 0 Å². The van der Waals surface area contributed by atoms with Gasteiger partial charge in [-0.25, -0.2) is 0 Å². The molecular formula is C24H21ClN3O2+. The summed E-state index contributed by atoms with van der Waals surface area (Å²) in [5, 5.41) is 3.55. The number of hydrogen-bond acceptors (Lipinski definition) is 2. The summed E-state index contributed by atoms with van der Waals surface area (Å²) in [7, 11) is 0. The topological polar surface area (TPSA) is 61.2 Å². The molecule has 0 radical (unpaired) electrons. The van der Waals surface area contributed by atoms with Gasteiger partial charge in [0.05, 0.1) is 0 Å². The summed E-state index contributed by atoms with van der Waals surface area (Å²) >= 11 is 5.98. The summed E-state index contributed by atoms with van der Waals surface area (Å²) < 4.78 is 1.74. The summed E-state index contributed by atoms with van der Waals surface area (Å²) in [5.74, 6) is -0.553. The van der Waals surface area contributed by atoms with Crippen LogP contribution in [0.2, 0.25) is 5.02 Å². The van der Waals surface area contributed by atoms with Gasteiger partial charge < -0.3 is 5.32 Å². The number of nitrogens with zero attached hydrogens (tertiary/aromatic N) is 1. The molecule has 1 aliphatic rings. The van der Waals surface area contributed by atoms with E-state index in [9.17, 15) is 9.59 Å². The van der Waals surface area contributed by atoms with Gasteiger partial charge in [-0.2, -0.15) is 0 Å². The van der Waals surface area contributed by atoms with Crippen molar-refractivity contribution in [2.45, 2.75) is 19.0 Å². The van der Waals surface area contributed by atoms with Gasteiger partial charge in [-0.15, -0.1) is 10.1 Å². The second kappa shape index (κ2) is 8.51. The fourth-order valence-corrected chi connectivity index (χ4v) is 3.68. The van der Waals surface area contributed by atoms with Crippen LogP contribution in [0, 0.1) is 6.92 Å². The fourth-order valence-electron chi connectivity index (χ4n) is 3.55. The number of rotatable bonds is 4. The minimum atomic E-state index is -0.746. The van der Waals surface area contributed by atoms with Gasteiger partial charge in [0.1, 0.15) is 0 Å². The normalized spacial score (nSPS) is 19.5. The van der Waals surface area contributed by atoms with Crippen LogP contribution in [-0.4, -0.2) is 28.8 Å². The van der Waals surface area contributed by atoms with Crippen molar-refractivity contribution in [3.8, 4) is 0 Å². The highest BCUT2D eigenvalue weighted by molar-refractivity contribution is 6.30. The van der Waals surface area contributed by atoms with Gasteiger partial charge in [-0.1, -0.05) is 59.6 Å². The molecule has 0 spiro atoms. The van der Waals surface area contributed by atoms with E-state index in [2.05, 4.69) is 10.7 Å². The van der Waals surface area contributed by atoms with E-state index in [-0.39, 0.29) is 11.8 Å². The monoisotopic (exact) mass is 418 g/mol. The maximum absolute atomic E-state index is 12.8. The molecule has 0 aromatic heterocycles. The molecular weight excluding hydrogens is 398 g/mol. The summed E-state index contributed by atoms with van der Waals surface area (Å²) in [5.41, 5.74) is 6.17. The number of benzene rings is 3. The van der Waals surface area contributed by atoms with E-state index in [0.29, 0.717) is 10.6 Å². The highest BCUT2D eigenvalue weighted by atomic mass is 35.5.